The zero-order valence-electron chi connectivity index (χ0n) is 12.7. The first kappa shape index (κ1) is 15.7. The molecular weight excluding hydrogens is 306 g/mol. The maximum absolute atomic E-state index is 12.2. The largest absolute Gasteiger partial charge is 0.461 e. The van der Waals surface area contributed by atoms with Crippen LogP contribution in [0.4, 0.5) is 14.6 Å². The van der Waals surface area contributed by atoms with Gasteiger partial charge >= 0.3 is 6.61 Å². The van der Waals surface area contributed by atoms with Crippen LogP contribution >= 0.6 is 0 Å². The Morgan fingerprint density at radius 2 is 2.22 bits per heavy atom. The number of ether oxygens (including phenoxy) is 2. The van der Waals surface area contributed by atoms with Crippen molar-refractivity contribution < 1.29 is 22.7 Å². The molecule has 0 amide bonds. The quantitative estimate of drug-likeness (QED) is 0.809. The number of nitrogens with zero attached hydrogens (tertiary/aromatic N) is 2. The summed E-state index contributed by atoms with van der Waals surface area (Å²) in [5.41, 5.74) is 0. The maximum atomic E-state index is 12.2. The number of hydrogen-bond acceptors (Lipinski definition) is 5. The molecule has 2 aromatic rings. The van der Waals surface area contributed by atoms with Gasteiger partial charge in [-0.25, -0.2) is 4.98 Å². The molecule has 0 aromatic carbocycles. The van der Waals surface area contributed by atoms with Gasteiger partial charge in [-0.2, -0.15) is 8.78 Å². The van der Waals surface area contributed by atoms with Crippen molar-refractivity contribution in [3.63, 3.8) is 0 Å². The summed E-state index contributed by atoms with van der Waals surface area (Å²) in [7, 11) is 1.62. The molecule has 0 N–H and O–H groups in total. The molecule has 1 fully saturated rings. The molecule has 0 radical (unpaired) electrons. The maximum Gasteiger partial charge on any atom is 0.387 e. The van der Waals surface area contributed by atoms with Crippen molar-refractivity contribution in [2.75, 3.05) is 18.6 Å². The lowest BCUT2D eigenvalue weighted by molar-refractivity contribution is -0.0500. The molecule has 3 heterocycles. The number of anilines is 1. The van der Waals surface area contributed by atoms with Crippen LogP contribution in [-0.2, 0) is 11.3 Å². The van der Waals surface area contributed by atoms with E-state index in [4.69, 9.17) is 9.15 Å². The first-order valence-electron chi connectivity index (χ1n) is 7.42. The Labute approximate surface area is 132 Å². The molecule has 0 spiro atoms. The Morgan fingerprint density at radius 1 is 1.35 bits per heavy atom. The third-order valence-corrected chi connectivity index (χ3v) is 3.79. The zero-order valence-corrected chi connectivity index (χ0v) is 12.7. The van der Waals surface area contributed by atoms with Crippen LogP contribution < -0.4 is 9.64 Å². The summed E-state index contributed by atoms with van der Waals surface area (Å²) < 4.78 is 39.6. The van der Waals surface area contributed by atoms with Gasteiger partial charge in [-0.3, -0.25) is 0 Å². The van der Waals surface area contributed by atoms with E-state index in [0.717, 1.165) is 36.7 Å². The van der Waals surface area contributed by atoms with Crippen LogP contribution in [0.5, 0.6) is 5.75 Å². The van der Waals surface area contributed by atoms with Crippen molar-refractivity contribution in [2.24, 2.45) is 0 Å². The van der Waals surface area contributed by atoms with Crippen LogP contribution in [-0.4, -0.2) is 25.3 Å². The van der Waals surface area contributed by atoms with Gasteiger partial charge in [0.05, 0.1) is 12.2 Å². The monoisotopic (exact) mass is 324 g/mol. The molecule has 124 valence electrons. The average Bonchev–Trinajstić information content (AvgIpc) is 3.16. The van der Waals surface area contributed by atoms with Gasteiger partial charge in [-0.05, 0) is 37.1 Å². The smallest absolute Gasteiger partial charge is 0.387 e. The Balaban J connectivity index is 1.75. The predicted molar refractivity (Wildman–Crippen MR) is 79.6 cm³/mol. The summed E-state index contributed by atoms with van der Waals surface area (Å²) in [6, 6.07) is 7.14. The van der Waals surface area contributed by atoms with Crippen molar-refractivity contribution in [2.45, 2.75) is 32.1 Å². The number of alkyl halides is 2. The van der Waals surface area contributed by atoms with Gasteiger partial charge in [0.1, 0.15) is 29.7 Å². The Kier molecular flexibility index (Phi) is 4.76. The molecule has 0 bridgehead atoms. The molecule has 2 aromatic heterocycles. The highest BCUT2D eigenvalue weighted by Crippen LogP contribution is 2.36. The Morgan fingerprint density at radius 3 is 2.91 bits per heavy atom. The lowest BCUT2D eigenvalue weighted by atomic mass is 10.1. The van der Waals surface area contributed by atoms with E-state index >= 15 is 0 Å². The molecule has 5 nitrogen and oxygen atoms in total. The second-order valence-electron chi connectivity index (χ2n) is 5.32. The first-order valence-corrected chi connectivity index (χ1v) is 7.42. The topological polar surface area (TPSA) is 47.7 Å². The van der Waals surface area contributed by atoms with Crippen molar-refractivity contribution in [3.8, 4) is 5.75 Å². The molecule has 7 heteroatoms. The number of aromatic nitrogens is 1. The second kappa shape index (κ2) is 6.95. The molecule has 1 aliphatic rings. The predicted octanol–water partition coefficient (Wildman–Crippen LogP) is 3.76. The van der Waals surface area contributed by atoms with Gasteiger partial charge in [0, 0.05) is 13.7 Å². The van der Waals surface area contributed by atoms with E-state index in [1.165, 1.54) is 12.3 Å². The molecule has 0 saturated carbocycles. The second-order valence-corrected chi connectivity index (χ2v) is 5.32. The van der Waals surface area contributed by atoms with Crippen molar-refractivity contribution in [1.29, 1.82) is 0 Å². The highest BCUT2D eigenvalue weighted by molar-refractivity contribution is 5.44. The van der Waals surface area contributed by atoms with Gasteiger partial charge in [0.2, 0.25) is 0 Å². The molecule has 3 rings (SSSR count). The number of pyridine rings is 1. The molecule has 23 heavy (non-hydrogen) atoms. The van der Waals surface area contributed by atoms with Crippen molar-refractivity contribution >= 4 is 5.82 Å². The van der Waals surface area contributed by atoms with Gasteiger partial charge < -0.3 is 18.8 Å². The van der Waals surface area contributed by atoms with Crippen molar-refractivity contribution in [3.05, 3.63) is 42.0 Å². The van der Waals surface area contributed by atoms with E-state index in [2.05, 4.69) is 14.6 Å². The van der Waals surface area contributed by atoms with Gasteiger partial charge in [-0.1, -0.05) is 0 Å². The lowest BCUT2D eigenvalue weighted by Crippen LogP contribution is -2.23. The lowest BCUT2D eigenvalue weighted by Gasteiger charge is -2.24. The van der Waals surface area contributed by atoms with E-state index in [-0.39, 0.29) is 11.8 Å². The molecular formula is C16H18F2N2O3. The first-order chi connectivity index (χ1) is 11.2. The third kappa shape index (κ3) is 3.61. The summed E-state index contributed by atoms with van der Waals surface area (Å²) in [4.78, 5) is 6.35. The van der Waals surface area contributed by atoms with Gasteiger partial charge in [0.15, 0.2) is 0 Å². The Bertz CT molecular complexity index is 631. The number of methoxy groups -OCH3 is 1. The van der Waals surface area contributed by atoms with Crippen LogP contribution in [0.15, 0.2) is 34.9 Å². The average molecular weight is 324 g/mol. The number of halogens is 2. The van der Waals surface area contributed by atoms with Crippen LogP contribution in [0.1, 0.15) is 30.4 Å². The fraction of sp³-hybridized carbons (Fsp3) is 0.438. The molecule has 0 unspecified atom stereocenters. The number of hydrogen-bond donors (Lipinski definition) is 0. The molecule has 1 saturated heterocycles. The molecule has 1 aliphatic heterocycles. The number of furan rings is 1. The van der Waals surface area contributed by atoms with Crippen LogP contribution in [0.25, 0.3) is 0 Å². The molecule has 0 aliphatic carbocycles. The summed E-state index contributed by atoms with van der Waals surface area (Å²) in [5, 5.41) is 0. The highest BCUT2D eigenvalue weighted by Gasteiger charge is 2.29. The highest BCUT2D eigenvalue weighted by atomic mass is 19.3. The number of rotatable bonds is 6. The fourth-order valence-corrected chi connectivity index (χ4v) is 2.85. The Hall–Kier alpha value is -2.15. The van der Waals surface area contributed by atoms with Crippen molar-refractivity contribution in [1.82, 2.24) is 4.98 Å². The van der Waals surface area contributed by atoms with E-state index < -0.39 is 6.61 Å². The van der Waals surface area contributed by atoms with E-state index in [9.17, 15) is 8.78 Å². The van der Waals surface area contributed by atoms with Gasteiger partial charge in [-0.15, -0.1) is 0 Å². The van der Waals surface area contributed by atoms with Crippen LogP contribution in [0.2, 0.25) is 0 Å². The molecule has 1 atom stereocenters. The minimum atomic E-state index is -2.84. The van der Waals surface area contributed by atoms with E-state index in [1.54, 1.807) is 13.2 Å². The summed E-state index contributed by atoms with van der Waals surface area (Å²) >= 11 is 0. The standard InChI is InChI=1S/C16H18F2N2O3/c1-21-10-12-4-6-14(22-12)13-3-2-8-20(13)15-7-5-11(9-19-15)23-16(17)18/h4-7,9,13,16H,2-3,8,10H2,1H3/t13-/m1/s1. The fourth-order valence-electron chi connectivity index (χ4n) is 2.85. The van der Waals surface area contributed by atoms with Crippen LogP contribution in [0, 0.1) is 0 Å². The minimum absolute atomic E-state index is 0.0554. The summed E-state index contributed by atoms with van der Waals surface area (Å²) in [6.45, 7) is -1.57. The summed E-state index contributed by atoms with van der Waals surface area (Å²) in [5.74, 6) is 2.42. The van der Waals surface area contributed by atoms with E-state index in [0.29, 0.717) is 6.61 Å². The van der Waals surface area contributed by atoms with Crippen LogP contribution in [0.3, 0.4) is 0 Å². The zero-order chi connectivity index (χ0) is 16.2. The minimum Gasteiger partial charge on any atom is -0.461 e. The van der Waals surface area contributed by atoms with E-state index in [1.807, 2.05) is 12.1 Å². The SMILES string of the molecule is COCc1ccc([C@H]2CCCN2c2ccc(OC(F)F)cn2)o1. The third-order valence-electron chi connectivity index (χ3n) is 3.79. The normalized spacial score (nSPS) is 17.9. The summed E-state index contributed by atoms with van der Waals surface area (Å²) in [6.07, 6.45) is 3.29. The van der Waals surface area contributed by atoms with Gasteiger partial charge in [0.25, 0.3) is 0 Å².